The SMILES string of the molecule is CC1NCCCC1NC(=O)c1cccc(F)c1F. The molecule has 1 saturated heterocycles. The summed E-state index contributed by atoms with van der Waals surface area (Å²) < 4.78 is 26.5. The summed E-state index contributed by atoms with van der Waals surface area (Å²) in [5.74, 6) is -2.66. The minimum absolute atomic E-state index is 0.0473. The van der Waals surface area contributed by atoms with E-state index in [2.05, 4.69) is 10.6 Å². The number of carbonyl (C=O) groups is 1. The van der Waals surface area contributed by atoms with Crippen molar-refractivity contribution < 1.29 is 13.6 Å². The fourth-order valence-electron chi connectivity index (χ4n) is 2.17. The van der Waals surface area contributed by atoms with Gasteiger partial charge in [0.1, 0.15) is 0 Å². The van der Waals surface area contributed by atoms with E-state index in [1.807, 2.05) is 6.92 Å². The van der Waals surface area contributed by atoms with Crippen molar-refractivity contribution in [2.75, 3.05) is 6.54 Å². The molecule has 0 aliphatic carbocycles. The molecule has 2 atom stereocenters. The molecule has 0 spiro atoms. The van der Waals surface area contributed by atoms with Gasteiger partial charge in [-0.25, -0.2) is 8.78 Å². The molecule has 1 aromatic carbocycles. The fourth-order valence-corrected chi connectivity index (χ4v) is 2.17. The van der Waals surface area contributed by atoms with E-state index in [1.165, 1.54) is 12.1 Å². The van der Waals surface area contributed by atoms with Crippen LogP contribution < -0.4 is 10.6 Å². The maximum Gasteiger partial charge on any atom is 0.254 e. The topological polar surface area (TPSA) is 41.1 Å². The van der Waals surface area contributed by atoms with Crippen molar-refractivity contribution in [1.29, 1.82) is 0 Å². The molecular weight excluding hydrogens is 238 g/mol. The highest BCUT2D eigenvalue weighted by atomic mass is 19.2. The lowest BCUT2D eigenvalue weighted by atomic mass is 9.99. The van der Waals surface area contributed by atoms with E-state index in [0.29, 0.717) is 0 Å². The third kappa shape index (κ3) is 2.67. The van der Waals surface area contributed by atoms with Gasteiger partial charge in [-0.15, -0.1) is 0 Å². The molecule has 0 radical (unpaired) electrons. The van der Waals surface area contributed by atoms with Crippen molar-refractivity contribution in [3.63, 3.8) is 0 Å². The lowest BCUT2D eigenvalue weighted by Gasteiger charge is -2.30. The molecule has 0 aromatic heterocycles. The Bertz CT molecular complexity index is 451. The van der Waals surface area contributed by atoms with Gasteiger partial charge in [-0.2, -0.15) is 0 Å². The van der Waals surface area contributed by atoms with E-state index in [0.717, 1.165) is 25.5 Å². The predicted molar refractivity (Wildman–Crippen MR) is 64.3 cm³/mol. The second kappa shape index (κ2) is 5.44. The summed E-state index contributed by atoms with van der Waals surface area (Å²) in [7, 11) is 0. The van der Waals surface area contributed by atoms with Crippen molar-refractivity contribution in [3.8, 4) is 0 Å². The quantitative estimate of drug-likeness (QED) is 0.845. The van der Waals surface area contributed by atoms with Gasteiger partial charge in [0.2, 0.25) is 0 Å². The Hall–Kier alpha value is -1.49. The molecule has 1 aliphatic rings. The number of amides is 1. The van der Waals surface area contributed by atoms with Crippen LogP contribution in [0, 0.1) is 11.6 Å². The first-order valence-corrected chi connectivity index (χ1v) is 6.08. The average Bonchev–Trinajstić information content (AvgIpc) is 2.35. The van der Waals surface area contributed by atoms with Crippen LogP contribution in [0.15, 0.2) is 18.2 Å². The normalized spacial score (nSPS) is 23.7. The zero-order valence-corrected chi connectivity index (χ0v) is 10.2. The molecule has 5 heteroatoms. The number of rotatable bonds is 2. The minimum Gasteiger partial charge on any atom is -0.348 e. The summed E-state index contributed by atoms with van der Waals surface area (Å²) in [4.78, 5) is 11.9. The number of hydrogen-bond acceptors (Lipinski definition) is 2. The summed E-state index contributed by atoms with van der Waals surface area (Å²) in [5, 5.41) is 5.98. The zero-order valence-electron chi connectivity index (χ0n) is 10.2. The maximum absolute atomic E-state index is 13.5. The van der Waals surface area contributed by atoms with Crippen molar-refractivity contribution >= 4 is 5.91 Å². The van der Waals surface area contributed by atoms with Crippen molar-refractivity contribution in [1.82, 2.24) is 10.6 Å². The smallest absolute Gasteiger partial charge is 0.254 e. The van der Waals surface area contributed by atoms with E-state index < -0.39 is 17.5 Å². The highest BCUT2D eigenvalue weighted by Crippen LogP contribution is 2.13. The standard InChI is InChI=1S/C13H16F2N2O/c1-8-11(6-3-7-16-8)17-13(18)9-4-2-5-10(14)12(9)15/h2,4-5,8,11,16H,3,6-7H2,1H3,(H,17,18). The van der Waals surface area contributed by atoms with Crippen LogP contribution in [0.5, 0.6) is 0 Å². The number of halogens is 2. The van der Waals surface area contributed by atoms with Gasteiger partial charge in [-0.1, -0.05) is 6.07 Å². The van der Waals surface area contributed by atoms with Crippen molar-refractivity contribution in [3.05, 3.63) is 35.4 Å². The number of nitrogens with one attached hydrogen (secondary N) is 2. The molecule has 2 unspecified atom stereocenters. The Balaban J connectivity index is 2.09. The van der Waals surface area contributed by atoms with Crippen molar-refractivity contribution in [2.45, 2.75) is 31.8 Å². The van der Waals surface area contributed by atoms with Crippen LogP contribution in [0.4, 0.5) is 8.78 Å². The van der Waals surface area contributed by atoms with Crippen LogP contribution in [0.1, 0.15) is 30.1 Å². The monoisotopic (exact) mass is 254 g/mol. The Morgan fingerprint density at radius 3 is 2.94 bits per heavy atom. The Labute approximate surface area is 105 Å². The van der Waals surface area contributed by atoms with Gasteiger partial charge in [0.05, 0.1) is 5.56 Å². The molecule has 0 saturated carbocycles. The van der Waals surface area contributed by atoms with E-state index in [-0.39, 0.29) is 17.6 Å². The van der Waals surface area contributed by atoms with Gasteiger partial charge >= 0.3 is 0 Å². The number of piperidine rings is 1. The Morgan fingerprint density at radius 1 is 1.44 bits per heavy atom. The third-order valence-electron chi connectivity index (χ3n) is 3.27. The predicted octanol–water partition coefficient (Wildman–Crippen LogP) is 1.84. The zero-order chi connectivity index (χ0) is 13.1. The van der Waals surface area contributed by atoms with Crippen LogP contribution >= 0.6 is 0 Å². The minimum atomic E-state index is -1.09. The molecule has 2 N–H and O–H groups in total. The third-order valence-corrected chi connectivity index (χ3v) is 3.27. The first-order chi connectivity index (χ1) is 8.59. The van der Waals surface area contributed by atoms with Crippen LogP contribution in [0.3, 0.4) is 0 Å². The molecule has 2 rings (SSSR count). The number of carbonyl (C=O) groups excluding carboxylic acids is 1. The maximum atomic E-state index is 13.5. The molecule has 98 valence electrons. The van der Waals surface area contributed by atoms with Crippen LogP contribution in [0.2, 0.25) is 0 Å². The molecule has 1 amide bonds. The van der Waals surface area contributed by atoms with Crippen LogP contribution in [-0.4, -0.2) is 24.5 Å². The summed E-state index contributed by atoms with van der Waals surface area (Å²) in [6.07, 6.45) is 1.80. The summed E-state index contributed by atoms with van der Waals surface area (Å²) >= 11 is 0. The van der Waals surface area contributed by atoms with E-state index in [4.69, 9.17) is 0 Å². The summed E-state index contributed by atoms with van der Waals surface area (Å²) in [6.45, 7) is 2.88. The highest BCUT2D eigenvalue weighted by molar-refractivity contribution is 5.94. The highest BCUT2D eigenvalue weighted by Gasteiger charge is 2.24. The fraction of sp³-hybridized carbons (Fsp3) is 0.462. The molecule has 0 bridgehead atoms. The van der Waals surface area contributed by atoms with Gasteiger partial charge in [-0.3, -0.25) is 4.79 Å². The molecule has 1 aromatic rings. The Morgan fingerprint density at radius 2 is 2.22 bits per heavy atom. The Kier molecular flexibility index (Phi) is 3.91. The van der Waals surface area contributed by atoms with E-state index in [9.17, 15) is 13.6 Å². The molecular formula is C13H16F2N2O. The second-order valence-corrected chi connectivity index (χ2v) is 4.57. The average molecular weight is 254 g/mol. The number of hydrogen-bond donors (Lipinski definition) is 2. The van der Waals surface area contributed by atoms with Gasteiger partial charge in [-0.05, 0) is 38.4 Å². The first-order valence-electron chi connectivity index (χ1n) is 6.08. The molecule has 3 nitrogen and oxygen atoms in total. The molecule has 1 aliphatic heterocycles. The molecule has 1 heterocycles. The van der Waals surface area contributed by atoms with Gasteiger partial charge in [0.15, 0.2) is 11.6 Å². The summed E-state index contributed by atoms with van der Waals surface area (Å²) in [5.41, 5.74) is -0.243. The van der Waals surface area contributed by atoms with Gasteiger partial charge in [0.25, 0.3) is 5.91 Å². The van der Waals surface area contributed by atoms with E-state index in [1.54, 1.807) is 0 Å². The van der Waals surface area contributed by atoms with Crippen LogP contribution in [-0.2, 0) is 0 Å². The first kappa shape index (κ1) is 13.0. The van der Waals surface area contributed by atoms with Crippen LogP contribution in [0.25, 0.3) is 0 Å². The lowest BCUT2D eigenvalue weighted by Crippen LogP contribution is -2.52. The number of benzene rings is 1. The lowest BCUT2D eigenvalue weighted by molar-refractivity contribution is 0.0914. The van der Waals surface area contributed by atoms with Gasteiger partial charge < -0.3 is 10.6 Å². The molecule has 1 fully saturated rings. The van der Waals surface area contributed by atoms with Gasteiger partial charge in [0, 0.05) is 12.1 Å². The van der Waals surface area contributed by atoms with E-state index >= 15 is 0 Å². The second-order valence-electron chi connectivity index (χ2n) is 4.57. The summed E-state index contributed by atoms with van der Waals surface area (Å²) in [6, 6.07) is 3.70. The molecule has 18 heavy (non-hydrogen) atoms. The largest absolute Gasteiger partial charge is 0.348 e. The van der Waals surface area contributed by atoms with Crippen molar-refractivity contribution in [2.24, 2.45) is 0 Å².